The fourth-order valence-corrected chi connectivity index (χ4v) is 3.94. The van der Waals surface area contributed by atoms with Gasteiger partial charge in [-0.15, -0.1) is 0 Å². The van der Waals surface area contributed by atoms with Gasteiger partial charge in [0.25, 0.3) is 17.4 Å². The van der Waals surface area contributed by atoms with Crippen molar-refractivity contribution >= 4 is 23.2 Å². The van der Waals surface area contributed by atoms with Gasteiger partial charge in [-0.2, -0.15) is 0 Å². The predicted octanol–water partition coefficient (Wildman–Crippen LogP) is 3.72. The fraction of sp³-hybridized carbons (Fsp3) is 0.115. The Hall–Kier alpha value is -4.79. The molecule has 0 aliphatic carbocycles. The summed E-state index contributed by atoms with van der Waals surface area (Å²) in [5.41, 5.74) is 2.19. The zero-order valence-electron chi connectivity index (χ0n) is 19.1. The number of nitrogens with one attached hydrogen (secondary N) is 2. The van der Waals surface area contributed by atoms with Crippen molar-refractivity contribution in [3.63, 3.8) is 0 Å². The van der Waals surface area contributed by atoms with Crippen LogP contribution in [0.3, 0.4) is 0 Å². The van der Waals surface area contributed by atoms with E-state index in [1.165, 1.54) is 4.68 Å². The van der Waals surface area contributed by atoms with Crippen LogP contribution in [0.1, 0.15) is 26.4 Å². The van der Waals surface area contributed by atoms with Crippen LogP contribution < -0.4 is 25.7 Å². The number of carbonyl (C=O) groups is 2. The lowest BCUT2D eigenvalue weighted by Gasteiger charge is -2.09. The number of hydrogen-bond acceptors (Lipinski definition) is 5. The molecule has 0 radical (unpaired) electrons. The summed E-state index contributed by atoms with van der Waals surface area (Å²) in [6.07, 6.45) is 0. The van der Waals surface area contributed by atoms with Crippen molar-refractivity contribution in [2.75, 3.05) is 17.4 Å². The molecule has 2 heterocycles. The summed E-state index contributed by atoms with van der Waals surface area (Å²) in [5, 5.41) is 5.51. The number of carbonyl (C=O) groups excluding carboxylic acids is 2. The molecule has 0 saturated heterocycles. The van der Waals surface area contributed by atoms with Crippen molar-refractivity contribution < 1.29 is 19.1 Å². The molecule has 0 fully saturated rings. The Labute approximate surface area is 200 Å². The highest BCUT2D eigenvalue weighted by atomic mass is 16.7. The average molecular weight is 470 g/mol. The zero-order valence-corrected chi connectivity index (χ0v) is 19.1. The summed E-state index contributed by atoms with van der Waals surface area (Å²) in [4.78, 5) is 38.9. The quantitative estimate of drug-likeness (QED) is 0.463. The third-order valence-corrected chi connectivity index (χ3v) is 5.82. The van der Waals surface area contributed by atoms with Gasteiger partial charge in [0, 0.05) is 18.3 Å². The molecule has 9 nitrogen and oxygen atoms in total. The first kappa shape index (κ1) is 22.0. The Morgan fingerprint density at radius 2 is 1.66 bits per heavy atom. The lowest BCUT2D eigenvalue weighted by molar-refractivity contribution is 0.101. The van der Waals surface area contributed by atoms with Crippen molar-refractivity contribution in [3.8, 4) is 17.2 Å². The first-order chi connectivity index (χ1) is 16.9. The van der Waals surface area contributed by atoms with Gasteiger partial charge in [0.2, 0.25) is 6.79 Å². The molecular weight excluding hydrogens is 448 g/mol. The molecule has 2 amide bonds. The van der Waals surface area contributed by atoms with Crippen LogP contribution in [0, 0.1) is 6.92 Å². The Kier molecular flexibility index (Phi) is 5.58. The normalized spacial score (nSPS) is 11.8. The monoisotopic (exact) mass is 470 g/mol. The van der Waals surface area contributed by atoms with Gasteiger partial charge in [0.05, 0.1) is 16.9 Å². The van der Waals surface area contributed by atoms with Crippen LogP contribution in [0.2, 0.25) is 0 Å². The predicted molar refractivity (Wildman–Crippen MR) is 131 cm³/mol. The fourth-order valence-electron chi connectivity index (χ4n) is 3.94. The molecule has 0 atom stereocenters. The summed E-state index contributed by atoms with van der Waals surface area (Å²) in [7, 11) is 1.75. The van der Waals surface area contributed by atoms with E-state index in [2.05, 4.69) is 10.6 Å². The van der Waals surface area contributed by atoms with Gasteiger partial charge in [-0.1, -0.05) is 30.3 Å². The second-order valence-electron chi connectivity index (χ2n) is 7.96. The van der Waals surface area contributed by atoms with E-state index in [0.717, 1.165) is 0 Å². The highest BCUT2D eigenvalue weighted by molar-refractivity contribution is 6.08. The third kappa shape index (κ3) is 4.04. The van der Waals surface area contributed by atoms with Crippen LogP contribution in [0.15, 0.2) is 77.6 Å². The molecule has 1 aliphatic heterocycles. The molecule has 2 N–H and O–H groups in total. The van der Waals surface area contributed by atoms with Crippen LogP contribution in [0.25, 0.3) is 5.69 Å². The second-order valence-corrected chi connectivity index (χ2v) is 7.96. The minimum atomic E-state index is -0.468. The van der Waals surface area contributed by atoms with E-state index in [-0.39, 0.29) is 23.6 Å². The maximum Gasteiger partial charge on any atom is 0.295 e. The molecular formula is C26H22N4O5. The van der Waals surface area contributed by atoms with E-state index in [9.17, 15) is 14.4 Å². The molecule has 0 bridgehead atoms. The number of anilines is 2. The van der Waals surface area contributed by atoms with E-state index in [4.69, 9.17) is 9.47 Å². The summed E-state index contributed by atoms with van der Waals surface area (Å²) in [5.74, 6) is 0.0253. The zero-order chi connectivity index (χ0) is 24.5. The molecule has 5 rings (SSSR count). The van der Waals surface area contributed by atoms with Crippen LogP contribution in [-0.2, 0) is 7.05 Å². The number of nitrogens with zero attached hydrogens (tertiary/aromatic N) is 2. The van der Waals surface area contributed by atoms with Gasteiger partial charge in [0.15, 0.2) is 11.5 Å². The first-order valence-electron chi connectivity index (χ1n) is 10.9. The average Bonchev–Trinajstić information content (AvgIpc) is 3.43. The number of aromatic nitrogens is 2. The lowest BCUT2D eigenvalue weighted by atomic mass is 10.1. The van der Waals surface area contributed by atoms with Crippen LogP contribution in [-0.4, -0.2) is 28.0 Å². The minimum absolute atomic E-state index is 0.0557. The number of fused-ring (bicyclic) bond motifs is 1. The SMILES string of the molecule is Cc1c(NC(=O)c2cccc(NC(=O)c3cccc4c3OCO4)c2)c(=O)n(-c2ccccc2)n1C. The third-order valence-electron chi connectivity index (χ3n) is 5.82. The first-order valence-corrected chi connectivity index (χ1v) is 10.9. The smallest absolute Gasteiger partial charge is 0.295 e. The van der Waals surface area contributed by atoms with Crippen molar-refractivity contribution in [2.45, 2.75) is 6.92 Å². The molecule has 1 aromatic heterocycles. The van der Waals surface area contributed by atoms with Gasteiger partial charge < -0.3 is 20.1 Å². The molecule has 1 aliphatic rings. The summed E-state index contributed by atoms with van der Waals surface area (Å²) in [6.45, 7) is 1.82. The van der Waals surface area contributed by atoms with E-state index >= 15 is 0 Å². The topological polar surface area (TPSA) is 104 Å². The van der Waals surface area contributed by atoms with Crippen molar-refractivity contribution in [1.82, 2.24) is 9.36 Å². The van der Waals surface area contributed by atoms with Crippen molar-refractivity contribution in [2.24, 2.45) is 7.05 Å². The second kappa shape index (κ2) is 8.86. The Balaban J connectivity index is 1.37. The highest BCUT2D eigenvalue weighted by Gasteiger charge is 2.22. The summed E-state index contributed by atoms with van der Waals surface area (Å²) < 4.78 is 13.9. The maximum atomic E-state index is 13.1. The van der Waals surface area contributed by atoms with Gasteiger partial charge in [-0.05, 0) is 49.4 Å². The van der Waals surface area contributed by atoms with Crippen LogP contribution in [0.4, 0.5) is 11.4 Å². The van der Waals surface area contributed by atoms with Crippen LogP contribution in [0.5, 0.6) is 11.5 Å². The largest absolute Gasteiger partial charge is 0.454 e. The van der Waals surface area contributed by atoms with Gasteiger partial charge >= 0.3 is 0 Å². The standard InChI is InChI=1S/C26H22N4O5/c1-16-22(26(33)30(29(16)2)19-10-4-3-5-11-19)28-24(31)17-8-6-9-18(14-17)27-25(32)20-12-7-13-21-23(20)35-15-34-21/h3-14H,15H2,1-2H3,(H,27,32)(H,28,31). The molecule has 4 aromatic rings. The molecule has 3 aromatic carbocycles. The minimum Gasteiger partial charge on any atom is -0.454 e. The van der Waals surface area contributed by atoms with Gasteiger partial charge in [0.1, 0.15) is 5.69 Å². The molecule has 0 spiro atoms. The molecule has 176 valence electrons. The van der Waals surface area contributed by atoms with Crippen molar-refractivity contribution in [3.05, 3.63) is 100.0 Å². The van der Waals surface area contributed by atoms with E-state index in [1.807, 2.05) is 30.3 Å². The van der Waals surface area contributed by atoms with E-state index in [1.54, 1.807) is 61.1 Å². The maximum absolute atomic E-state index is 13.1. The van der Waals surface area contributed by atoms with Crippen LogP contribution >= 0.6 is 0 Å². The Morgan fingerprint density at radius 1 is 0.886 bits per heavy atom. The number of rotatable bonds is 5. The molecule has 9 heteroatoms. The Morgan fingerprint density at radius 3 is 2.46 bits per heavy atom. The molecule has 0 saturated carbocycles. The van der Waals surface area contributed by atoms with E-state index < -0.39 is 11.8 Å². The Bertz CT molecular complexity index is 1500. The summed E-state index contributed by atoms with van der Waals surface area (Å²) in [6, 6.07) is 20.7. The number of para-hydroxylation sites is 2. The van der Waals surface area contributed by atoms with E-state index in [0.29, 0.717) is 34.1 Å². The molecule has 35 heavy (non-hydrogen) atoms. The lowest BCUT2D eigenvalue weighted by Crippen LogP contribution is -2.23. The summed E-state index contributed by atoms with van der Waals surface area (Å²) >= 11 is 0. The van der Waals surface area contributed by atoms with Gasteiger partial charge in [-0.25, -0.2) is 4.68 Å². The van der Waals surface area contributed by atoms with Gasteiger partial charge in [-0.3, -0.25) is 19.1 Å². The number of ether oxygens (including phenoxy) is 2. The number of hydrogen-bond donors (Lipinski definition) is 2. The molecule has 0 unspecified atom stereocenters. The number of benzene rings is 3. The number of amides is 2. The highest BCUT2D eigenvalue weighted by Crippen LogP contribution is 2.35. The van der Waals surface area contributed by atoms with Crippen molar-refractivity contribution in [1.29, 1.82) is 0 Å².